The number of carbonyl (C=O) groups excluding carboxylic acids is 1. The lowest BCUT2D eigenvalue weighted by Gasteiger charge is -2.09. The van der Waals surface area contributed by atoms with E-state index < -0.39 is 5.82 Å². The second kappa shape index (κ2) is 6.63. The van der Waals surface area contributed by atoms with E-state index in [-0.39, 0.29) is 11.1 Å². The minimum atomic E-state index is -0.391. The molecule has 0 N–H and O–H groups in total. The Morgan fingerprint density at radius 3 is 2.88 bits per heavy atom. The van der Waals surface area contributed by atoms with Crippen molar-refractivity contribution in [1.29, 1.82) is 0 Å². The third-order valence-corrected chi connectivity index (χ3v) is 2.63. The molecule has 0 aliphatic heterocycles. The molecule has 0 bridgehead atoms. The van der Waals surface area contributed by atoms with Gasteiger partial charge in [-0.3, -0.25) is 4.79 Å². The highest BCUT2D eigenvalue weighted by molar-refractivity contribution is 9.09. The second-order valence-corrected chi connectivity index (χ2v) is 3.96. The molecule has 0 fully saturated rings. The van der Waals surface area contributed by atoms with Crippen LogP contribution in [0.15, 0.2) is 18.2 Å². The number of halogens is 2. The molecule has 16 heavy (non-hydrogen) atoms. The van der Waals surface area contributed by atoms with E-state index in [9.17, 15) is 9.18 Å². The Hall–Kier alpha value is -0.900. The van der Waals surface area contributed by atoms with Gasteiger partial charge in [0.1, 0.15) is 11.6 Å². The van der Waals surface area contributed by atoms with Crippen molar-refractivity contribution in [3.05, 3.63) is 29.6 Å². The fourth-order valence-corrected chi connectivity index (χ4v) is 1.55. The summed E-state index contributed by atoms with van der Waals surface area (Å²) in [5.41, 5.74) is 0.425. The number of rotatable bonds is 6. The van der Waals surface area contributed by atoms with Crippen molar-refractivity contribution in [2.75, 3.05) is 11.9 Å². The zero-order valence-electron chi connectivity index (χ0n) is 9.13. The van der Waals surface area contributed by atoms with Crippen LogP contribution in [0.5, 0.6) is 5.75 Å². The van der Waals surface area contributed by atoms with Crippen LogP contribution in [0.4, 0.5) is 4.39 Å². The zero-order valence-corrected chi connectivity index (χ0v) is 10.7. The van der Waals surface area contributed by atoms with Gasteiger partial charge in [0, 0.05) is 6.07 Å². The maximum absolute atomic E-state index is 13.0. The molecule has 0 atom stereocenters. The first-order valence-corrected chi connectivity index (χ1v) is 6.32. The number of benzene rings is 1. The van der Waals surface area contributed by atoms with Gasteiger partial charge in [0.15, 0.2) is 5.78 Å². The summed E-state index contributed by atoms with van der Waals surface area (Å²) in [6.07, 6.45) is 1.88. The summed E-state index contributed by atoms with van der Waals surface area (Å²) in [6, 6.07) is 3.98. The normalized spacial score (nSPS) is 10.2. The van der Waals surface area contributed by atoms with Crippen LogP contribution in [-0.4, -0.2) is 17.7 Å². The fraction of sp³-hybridized carbons (Fsp3) is 0.417. The standard InChI is InChI=1S/C12H14BrFO2/c1-2-3-6-16-12-7-9(14)4-5-10(12)11(15)8-13/h4-5,7H,2-3,6,8H2,1H3. The quantitative estimate of drug-likeness (QED) is 0.454. The lowest BCUT2D eigenvalue weighted by Crippen LogP contribution is -2.06. The largest absolute Gasteiger partial charge is 0.493 e. The minimum Gasteiger partial charge on any atom is -0.493 e. The van der Waals surface area contributed by atoms with Crippen molar-refractivity contribution in [2.24, 2.45) is 0 Å². The van der Waals surface area contributed by atoms with Crippen LogP contribution in [0.1, 0.15) is 30.1 Å². The highest BCUT2D eigenvalue weighted by Crippen LogP contribution is 2.21. The van der Waals surface area contributed by atoms with E-state index >= 15 is 0 Å². The molecule has 0 saturated heterocycles. The van der Waals surface area contributed by atoms with E-state index in [1.54, 1.807) is 0 Å². The van der Waals surface area contributed by atoms with Crippen molar-refractivity contribution in [3.63, 3.8) is 0 Å². The molecule has 88 valence electrons. The van der Waals surface area contributed by atoms with Gasteiger partial charge >= 0.3 is 0 Å². The molecular weight excluding hydrogens is 275 g/mol. The Morgan fingerprint density at radius 2 is 2.25 bits per heavy atom. The van der Waals surface area contributed by atoms with Gasteiger partial charge in [0.05, 0.1) is 17.5 Å². The van der Waals surface area contributed by atoms with Gasteiger partial charge in [-0.1, -0.05) is 29.3 Å². The molecule has 0 amide bonds. The lowest BCUT2D eigenvalue weighted by molar-refractivity contribution is 0.101. The smallest absolute Gasteiger partial charge is 0.177 e. The van der Waals surface area contributed by atoms with E-state index in [0.29, 0.717) is 17.9 Å². The number of alkyl halides is 1. The van der Waals surface area contributed by atoms with E-state index in [1.807, 2.05) is 6.92 Å². The summed E-state index contributed by atoms with van der Waals surface area (Å²) >= 11 is 3.09. The third-order valence-electron chi connectivity index (χ3n) is 2.12. The summed E-state index contributed by atoms with van der Waals surface area (Å²) in [4.78, 5) is 11.5. The average Bonchev–Trinajstić information content (AvgIpc) is 2.29. The Morgan fingerprint density at radius 1 is 1.50 bits per heavy atom. The Balaban J connectivity index is 2.85. The summed E-state index contributed by atoms with van der Waals surface area (Å²) in [5.74, 6) is -0.165. The first-order valence-electron chi connectivity index (χ1n) is 5.20. The molecule has 0 aliphatic rings. The van der Waals surface area contributed by atoms with Crippen LogP contribution in [0, 0.1) is 5.82 Å². The van der Waals surface area contributed by atoms with Crippen molar-refractivity contribution < 1.29 is 13.9 Å². The zero-order chi connectivity index (χ0) is 12.0. The van der Waals surface area contributed by atoms with Crippen LogP contribution >= 0.6 is 15.9 Å². The monoisotopic (exact) mass is 288 g/mol. The predicted octanol–water partition coefficient (Wildman–Crippen LogP) is 3.58. The minimum absolute atomic E-state index is 0.105. The van der Waals surface area contributed by atoms with Crippen LogP contribution in [0.25, 0.3) is 0 Å². The SMILES string of the molecule is CCCCOc1cc(F)ccc1C(=O)CBr. The topological polar surface area (TPSA) is 26.3 Å². The van der Waals surface area contributed by atoms with Gasteiger partial charge in [-0.25, -0.2) is 4.39 Å². The van der Waals surface area contributed by atoms with Gasteiger partial charge in [-0.2, -0.15) is 0 Å². The molecule has 1 aromatic carbocycles. The number of ether oxygens (including phenoxy) is 1. The molecular formula is C12H14BrFO2. The molecule has 2 nitrogen and oxygen atoms in total. The number of hydrogen-bond acceptors (Lipinski definition) is 2. The van der Waals surface area contributed by atoms with Crippen molar-refractivity contribution >= 4 is 21.7 Å². The molecule has 0 aliphatic carbocycles. The molecule has 1 aromatic rings. The van der Waals surface area contributed by atoms with Gasteiger partial charge in [-0.05, 0) is 18.6 Å². The third kappa shape index (κ3) is 3.59. The predicted molar refractivity (Wildman–Crippen MR) is 64.9 cm³/mol. The lowest BCUT2D eigenvalue weighted by atomic mass is 10.1. The van der Waals surface area contributed by atoms with Crippen LogP contribution in [0.2, 0.25) is 0 Å². The first-order chi connectivity index (χ1) is 7.69. The molecule has 1 rings (SSSR count). The first kappa shape index (κ1) is 13.2. The van der Waals surface area contributed by atoms with E-state index in [2.05, 4.69) is 15.9 Å². The molecule has 0 spiro atoms. The number of unbranched alkanes of at least 4 members (excludes halogenated alkanes) is 1. The van der Waals surface area contributed by atoms with Crippen molar-refractivity contribution in [1.82, 2.24) is 0 Å². The van der Waals surface area contributed by atoms with Crippen LogP contribution in [-0.2, 0) is 0 Å². The van der Waals surface area contributed by atoms with E-state index in [4.69, 9.17) is 4.74 Å². The second-order valence-electron chi connectivity index (χ2n) is 3.40. The number of ketones is 1. The highest BCUT2D eigenvalue weighted by Gasteiger charge is 2.12. The molecule has 0 aromatic heterocycles. The summed E-state index contributed by atoms with van der Waals surface area (Å²) < 4.78 is 18.4. The Labute approximate surface area is 103 Å². The summed E-state index contributed by atoms with van der Waals surface area (Å²) in [5, 5.41) is 0.211. The Bertz CT molecular complexity index is 366. The average molecular weight is 289 g/mol. The summed E-state index contributed by atoms with van der Waals surface area (Å²) in [7, 11) is 0. The molecule has 0 saturated carbocycles. The van der Waals surface area contributed by atoms with Crippen LogP contribution in [0.3, 0.4) is 0 Å². The fourth-order valence-electron chi connectivity index (χ4n) is 1.24. The van der Waals surface area contributed by atoms with Gasteiger partial charge in [0.25, 0.3) is 0 Å². The number of carbonyl (C=O) groups is 1. The van der Waals surface area contributed by atoms with Crippen LogP contribution < -0.4 is 4.74 Å². The Kier molecular flexibility index (Phi) is 5.46. The summed E-state index contributed by atoms with van der Waals surface area (Å²) in [6.45, 7) is 2.54. The van der Waals surface area contributed by atoms with E-state index in [1.165, 1.54) is 18.2 Å². The van der Waals surface area contributed by atoms with Gasteiger partial charge in [0.2, 0.25) is 0 Å². The molecule has 0 heterocycles. The maximum atomic E-state index is 13.0. The molecule has 0 radical (unpaired) electrons. The maximum Gasteiger partial charge on any atom is 0.177 e. The molecule has 0 unspecified atom stereocenters. The van der Waals surface area contributed by atoms with E-state index in [0.717, 1.165) is 12.8 Å². The van der Waals surface area contributed by atoms with Gasteiger partial charge in [-0.15, -0.1) is 0 Å². The van der Waals surface area contributed by atoms with Crippen molar-refractivity contribution in [3.8, 4) is 5.75 Å². The number of Topliss-reactive ketones (excluding diaryl/α,β-unsaturated/α-hetero) is 1. The molecule has 4 heteroatoms. The highest BCUT2D eigenvalue weighted by atomic mass is 79.9. The van der Waals surface area contributed by atoms with Crippen molar-refractivity contribution in [2.45, 2.75) is 19.8 Å². The number of hydrogen-bond donors (Lipinski definition) is 0. The van der Waals surface area contributed by atoms with Gasteiger partial charge < -0.3 is 4.74 Å².